The summed E-state index contributed by atoms with van der Waals surface area (Å²) in [7, 11) is 0. The molecule has 3 amide bonds. The van der Waals surface area contributed by atoms with Crippen molar-refractivity contribution >= 4 is 17.7 Å². The Kier molecular flexibility index (Phi) is 5.74. The van der Waals surface area contributed by atoms with Crippen LogP contribution in [0.4, 0.5) is 0 Å². The molecule has 1 saturated heterocycles. The minimum absolute atomic E-state index is 0.00812. The lowest BCUT2D eigenvalue weighted by molar-refractivity contribution is -0.141. The summed E-state index contributed by atoms with van der Waals surface area (Å²) < 4.78 is 0. The van der Waals surface area contributed by atoms with Crippen molar-refractivity contribution in [2.45, 2.75) is 52.5 Å². The normalized spacial score (nSPS) is 22.5. The first-order valence-corrected chi connectivity index (χ1v) is 9.70. The van der Waals surface area contributed by atoms with E-state index < -0.39 is 0 Å². The number of carbonyl (C=O) groups is 3. The van der Waals surface area contributed by atoms with Gasteiger partial charge in [-0.15, -0.1) is 0 Å². The van der Waals surface area contributed by atoms with E-state index in [0.717, 1.165) is 36.8 Å². The Morgan fingerprint density at radius 3 is 2.31 bits per heavy atom. The first-order valence-electron chi connectivity index (χ1n) is 9.70. The number of likely N-dealkylation sites (tertiary alicyclic amines) is 1. The van der Waals surface area contributed by atoms with Crippen molar-refractivity contribution in [3.8, 4) is 0 Å². The van der Waals surface area contributed by atoms with E-state index in [9.17, 15) is 14.4 Å². The standard InChI is InChI=1S/C21H28N2O3/c1-3-22(14-16-9-5-4-8-15(16)2)19(24)12-13-23-20(25)17-10-6-7-11-18(17)21(23)26/h4-5,8-9,17-18H,3,6-7,10-14H2,1-2H3. The third-order valence-electron chi connectivity index (χ3n) is 5.84. The predicted octanol–water partition coefficient (Wildman–Crippen LogP) is 2.91. The molecule has 0 bridgehead atoms. The first kappa shape index (κ1) is 18.6. The highest BCUT2D eigenvalue weighted by Gasteiger charge is 2.47. The molecule has 0 N–H and O–H groups in total. The summed E-state index contributed by atoms with van der Waals surface area (Å²) in [5.41, 5.74) is 2.29. The number of nitrogens with zero attached hydrogens (tertiary/aromatic N) is 2. The highest BCUT2D eigenvalue weighted by atomic mass is 16.2. The van der Waals surface area contributed by atoms with Gasteiger partial charge in [0.15, 0.2) is 0 Å². The molecule has 2 aliphatic rings. The van der Waals surface area contributed by atoms with E-state index in [1.165, 1.54) is 4.90 Å². The highest BCUT2D eigenvalue weighted by Crippen LogP contribution is 2.38. The van der Waals surface area contributed by atoms with E-state index in [-0.39, 0.29) is 42.5 Å². The Bertz CT molecular complexity index is 676. The molecule has 1 aromatic carbocycles. The van der Waals surface area contributed by atoms with Gasteiger partial charge in [0, 0.05) is 26.1 Å². The van der Waals surface area contributed by atoms with Gasteiger partial charge in [0.25, 0.3) is 0 Å². The average molecular weight is 356 g/mol. The summed E-state index contributed by atoms with van der Waals surface area (Å²) in [4.78, 5) is 40.8. The zero-order valence-corrected chi connectivity index (χ0v) is 15.7. The maximum absolute atomic E-state index is 12.7. The largest absolute Gasteiger partial charge is 0.339 e. The van der Waals surface area contributed by atoms with E-state index in [1.807, 2.05) is 38.1 Å². The monoisotopic (exact) mass is 356 g/mol. The third-order valence-corrected chi connectivity index (χ3v) is 5.84. The van der Waals surface area contributed by atoms with Crippen LogP contribution in [0.2, 0.25) is 0 Å². The zero-order chi connectivity index (χ0) is 18.7. The molecule has 1 aliphatic carbocycles. The molecule has 2 unspecified atom stereocenters. The van der Waals surface area contributed by atoms with Crippen LogP contribution in [0.3, 0.4) is 0 Å². The Morgan fingerprint density at radius 1 is 1.12 bits per heavy atom. The number of aryl methyl sites for hydroxylation is 1. The Hall–Kier alpha value is -2.17. The lowest BCUT2D eigenvalue weighted by atomic mass is 9.81. The van der Waals surface area contributed by atoms with Gasteiger partial charge in [0.05, 0.1) is 11.8 Å². The molecule has 1 heterocycles. The maximum atomic E-state index is 12.7. The van der Waals surface area contributed by atoms with Gasteiger partial charge in [-0.3, -0.25) is 19.3 Å². The summed E-state index contributed by atoms with van der Waals surface area (Å²) in [5, 5.41) is 0. The topological polar surface area (TPSA) is 57.7 Å². The van der Waals surface area contributed by atoms with E-state index >= 15 is 0 Å². The van der Waals surface area contributed by atoms with Crippen LogP contribution >= 0.6 is 0 Å². The van der Waals surface area contributed by atoms with E-state index in [0.29, 0.717) is 13.1 Å². The van der Waals surface area contributed by atoms with Gasteiger partial charge in [-0.05, 0) is 37.8 Å². The van der Waals surface area contributed by atoms with Gasteiger partial charge >= 0.3 is 0 Å². The molecule has 0 aromatic heterocycles. The van der Waals surface area contributed by atoms with Gasteiger partial charge in [0.2, 0.25) is 17.7 Å². The molecule has 1 saturated carbocycles. The summed E-state index contributed by atoms with van der Waals surface area (Å²) in [5.74, 6) is -0.406. The number of hydrogen-bond acceptors (Lipinski definition) is 3. The summed E-state index contributed by atoms with van der Waals surface area (Å²) >= 11 is 0. The van der Waals surface area contributed by atoms with Crippen LogP contribution in [0, 0.1) is 18.8 Å². The van der Waals surface area contributed by atoms with Gasteiger partial charge < -0.3 is 4.90 Å². The van der Waals surface area contributed by atoms with Crippen LogP contribution in [-0.4, -0.2) is 40.6 Å². The van der Waals surface area contributed by atoms with E-state index in [2.05, 4.69) is 0 Å². The number of rotatable bonds is 6. The number of benzene rings is 1. The van der Waals surface area contributed by atoms with Crippen LogP contribution in [-0.2, 0) is 20.9 Å². The van der Waals surface area contributed by atoms with Gasteiger partial charge in [-0.1, -0.05) is 37.1 Å². The SMILES string of the molecule is CCN(Cc1ccccc1C)C(=O)CCN1C(=O)C2CCCCC2C1=O. The summed E-state index contributed by atoms with van der Waals surface area (Å²) in [6.45, 7) is 5.39. The van der Waals surface area contributed by atoms with Crippen molar-refractivity contribution in [3.63, 3.8) is 0 Å². The molecular weight excluding hydrogens is 328 g/mol. The molecule has 1 aromatic rings. The van der Waals surface area contributed by atoms with E-state index in [1.54, 1.807) is 4.90 Å². The summed E-state index contributed by atoms with van der Waals surface area (Å²) in [6.07, 6.45) is 3.87. The number of imide groups is 1. The fourth-order valence-electron chi connectivity index (χ4n) is 4.19. The van der Waals surface area contributed by atoms with Crippen LogP contribution in [0.1, 0.15) is 50.2 Å². The second kappa shape index (κ2) is 8.02. The Morgan fingerprint density at radius 2 is 1.73 bits per heavy atom. The molecule has 2 atom stereocenters. The lowest BCUT2D eigenvalue weighted by Gasteiger charge is -2.23. The molecule has 0 radical (unpaired) electrons. The average Bonchev–Trinajstić information content (AvgIpc) is 2.90. The van der Waals surface area contributed by atoms with Crippen molar-refractivity contribution in [2.24, 2.45) is 11.8 Å². The van der Waals surface area contributed by atoms with E-state index in [4.69, 9.17) is 0 Å². The molecule has 140 valence electrons. The third kappa shape index (κ3) is 3.67. The van der Waals surface area contributed by atoms with Crippen LogP contribution < -0.4 is 0 Å². The predicted molar refractivity (Wildman–Crippen MR) is 99.1 cm³/mol. The highest BCUT2D eigenvalue weighted by molar-refractivity contribution is 6.05. The quantitative estimate of drug-likeness (QED) is 0.737. The zero-order valence-electron chi connectivity index (χ0n) is 15.7. The van der Waals surface area contributed by atoms with Crippen molar-refractivity contribution in [1.82, 2.24) is 9.80 Å². The molecule has 5 nitrogen and oxygen atoms in total. The van der Waals surface area contributed by atoms with Crippen molar-refractivity contribution in [2.75, 3.05) is 13.1 Å². The number of fused-ring (bicyclic) bond motifs is 1. The minimum Gasteiger partial charge on any atom is -0.339 e. The fraction of sp³-hybridized carbons (Fsp3) is 0.571. The van der Waals surface area contributed by atoms with Crippen LogP contribution in [0.15, 0.2) is 24.3 Å². The van der Waals surface area contributed by atoms with Gasteiger partial charge in [0.1, 0.15) is 0 Å². The molecular formula is C21H28N2O3. The number of carbonyl (C=O) groups excluding carboxylic acids is 3. The Labute approximate surface area is 155 Å². The smallest absolute Gasteiger partial charge is 0.233 e. The second-order valence-corrected chi connectivity index (χ2v) is 7.41. The number of amides is 3. The molecule has 0 spiro atoms. The van der Waals surface area contributed by atoms with Crippen molar-refractivity contribution in [3.05, 3.63) is 35.4 Å². The second-order valence-electron chi connectivity index (χ2n) is 7.41. The van der Waals surface area contributed by atoms with Gasteiger partial charge in [-0.25, -0.2) is 0 Å². The van der Waals surface area contributed by atoms with Gasteiger partial charge in [-0.2, -0.15) is 0 Å². The van der Waals surface area contributed by atoms with Crippen molar-refractivity contribution in [1.29, 1.82) is 0 Å². The molecule has 1 aliphatic heterocycles. The van der Waals surface area contributed by atoms with Crippen LogP contribution in [0.25, 0.3) is 0 Å². The minimum atomic E-state index is -0.138. The molecule has 5 heteroatoms. The molecule has 3 rings (SSSR count). The summed E-state index contributed by atoms with van der Waals surface area (Å²) in [6, 6.07) is 8.03. The maximum Gasteiger partial charge on any atom is 0.233 e. The van der Waals surface area contributed by atoms with Crippen LogP contribution in [0.5, 0.6) is 0 Å². The first-order chi connectivity index (χ1) is 12.5. The molecule has 2 fully saturated rings. The van der Waals surface area contributed by atoms with Crippen molar-refractivity contribution < 1.29 is 14.4 Å². The Balaban J connectivity index is 1.59. The fourth-order valence-corrected chi connectivity index (χ4v) is 4.19. The number of hydrogen-bond donors (Lipinski definition) is 0. The molecule has 26 heavy (non-hydrogen) atoms. The lowest BCUT2D eigenvalue weighted by Crippen LogP contribution is -2.37.